The molecule has 0 fully saturated rings. The van der Waals surface area contributed by atoms with Gasteiger partial charge in [-0.1, -0.05) is 66.7 Å². The molecule has 1 unspecified atom stereocenters. The molecular formula is C38H31N3O6S. The van der Waals surface area contributed by atoms with Crippen LogP contribution < -0.4 is 30.2 Å². The first-order valence-corrected chi connectivity index (χ1v) is 15.9. The highest BCUT2D eigenvalue weighted by Gasteiger charge is 2.24. The molecule has 3 N–H and O–H groups in total. The van der Waals surface area contributed by atoms with Gasteiger partial charge in [0.25, 0.3) is 11.8 Å². The van der Waals surface area contributed by atoms with Crippen molar-refractivity contribution in [3.63, 3.8) is 0 Å². The van der Waals surface area contributed by atoms with Crippen molar-refractivity contribution in [3.8, 4) is 17.2 Å². The van der Waals surface area contributed by atoms with Gasteiger partial charge < -0.3 is 30.2 Å². The second kappa shape index (κ2) is 15.1. The third kappa shape index (κ3) is 7.86. The topological polar surface area (TPSA) is 115 Å². The van der Waals surface area contributed by atoms with Gasteiger partial charge in [-0.15, -0.1) is 11.8 Å². The number of methoxy groups -OCH3 is 1. The van der Waals surface area contributed by atoms with Crippen LogP contribution in [-0.2, 0) is 9.59 Å². The summed E-state index contributed by atoms with van der Waals surface area (Å²) in [5.74, 6) is 0.613. The van der Waals surface area contributed by atoms with Crippen LogP contribution in [0.1, 0.15) is 26.7 Å². The van der Waals surface area contributed by atoms with Gasteiger partial charge in [0, 0.05) is 33.5 Å². The number of carbonyl (C=O) groups excluding carboxylic acids is 3. The second-order valence-corrected chi connectivity index (χ2v) is 11.7. The summed E-state index contributed by atoms with van der Waals surface area (Å²) in [5, 5.41) is 8.04. The molecule has 0 aromatic heterocycles. The zero-order valence-corrected chi connectivity index (χ0v) is 26.7. The quantitative estimate of drug-likeness (QED) is 0.101. The van der Waals surface area contributed by atoms with E-state index >= 15 is 0 Å². The number of para-hydroxylation sites is 1. The molecule has 48 heavy (non-hydrogen) atoms. The Bertz CT molecular complexity index is 1950. The first kappa shape index (κ1) is 32.0. The second-order valence-electron chi connectivity index (χ2n) is 10.6. The van der Waals surface area contributed by atoms with Crippen molar-refractivity contribution in [1.29, 1.82) is 0 Å². The van der Waals surface area contributed by atoms with E-state index in [-0.39, 0.29) is 18.4 Å². The lowest BCUT2D eigenvalue weighted by Crippen LogP contribution is -2.30. The molecule has 6 rings (SSSR count). The SMILES string of the molecule is COc1ccccc1/C=C(\NC(=O)c1ccccc1)C(=O)Nc1ccc(SC(C(=O)Nc2ccc3c(c2)OCO3)c2ccccc2)cc1. The number of amides is 3. The predicted molar refractivity (Wildman–Crippen MR) is 186 cm³/mol. The van der Waals surface area contributed by atoms with Crippen LogP contribution in [0.4, 0.5) is 11.4 Å². The van der Waals surface area contributed by atoms with Crippen LogP contribution in [0.25, 0.3) is 6.08 Å². The Morgan fingerprint density at radius 3 is 2.17 bits per heavy atom. The van der Waals surface area contributed by atoms with Gasteiger partial charge >= 0.3 is 0 Å². The van der Waals surface area contributed by atoms with Crippen LogP contribution >= 0.6 is 11.8 Å². The van der Waals surface area contributed by atoms with Crippen molar-refractivity contribution in [2.75, 3.05) is 24.5 Å². The maximum absolute atomic E-state index is 13.6. The molecule has 5 aromatic carbocycles. The van der Waals surface area contributed by atoms with Crippen molar-refractivity contribution >= 4 is 46.9 Å². The van der Waals surface area contributed by atoms with E-state index in [0.717, 1.165) is 10.5 Å². The van der Waals surface area contributed by atoms with Crippen molar-refractivity contribution in [3.05, 3.63) is 150 Å². The lowest BCUT2D eigenvalue weighted by Gasteiger charge is -2.18. The molecule has 5 aromatic rings. The first-order valence-electron chi connectivity index (χ1n) is 15.0. The van der Waals surface area contributed by atoms with Gasteiger partial charge in [-0.05, 0) is 66.2 Å². The number of anilines is 2. The summed E-state index contributed by atoms with van der Waals surface area (Å²) < 4.78 is 16.3. The Hall–Kier alpha value is -6.00. The van der Waals surface area contributed by atoms with Crippen molar-refractivity contribution in [2.24, 2.45) is 0 Å². The fraction of sp³-hybridized carbons (Fsp3) is 0.0789. The number of hydrogen-bond acceptors (Lipinski definition) is 7. The average Bonchev–Trinajstić information content (AvgIpc) is 3.60. The monoisotopic (exact) mass is 657 g/mol. The molecule has 1 heterocycles. The molecule has 10 heteroatoms. The van der Waals surface area contributed by atoms with E-state index in [2.05, 4.69) is 16.0 Å². The summed E-state index contributed by atoms with van der Waals surface area (Å²) in [5.41, 5.74) is 3.00. The van der Waals surface area contributed by atoms with E-state index in [1.54, 1.807) is 72.8 Å². The minimum Gasteiger partial charge on any atom is -0.496 e. The van der Waals surface area contributed by atoms with Crippen LogP contribution in [-0.4, -0.2) is 31.6 Å². The molecule has 240 valence electrons. The Morgan fingerprint density at radius 1 is 0.750 bits per heavy atom. The molecule has 0 aliphatic carbocycles. The Labute approximate surface area is 281 Å². The standard InChI is InChI=1S/C38H31N3O6S/c1-45-32-15-9-8-14-27(32)22-31(41-36(42)26-12-6-3-7-13-26)37(43)39-28-16-19-30(20-17-28)48-35(25-10-4-2-5-11-25)38(44)40-29-18-21-33-34(23-29)47-24-46-33/h2-23,35H,24H2,1H3,(H,39,43)(H,40,44)(H,41,42)/b31-22-. The number of benzene rings is 5. The average molecular weight is 658 g/mol. The summed E-state index contributed by atoms with van der Waals surface area (Å²) in [6.07, 6.45) is 1.57. The van der Waals surface area contributed by atoms with Gasteiger partial charge in [-0.3, -0.25) is 14.4 Å². The molecular weight excluding hydrogens is 626 g/mol. The molecule has 3 amide bonds. The largest absolute Gasteiger partial charge is 0.496 e. The number of hydrogen-bond donors (Lipinski definition) is 3. The molecule has 0 bridgehead atoms. The lowest BCUT2D eigenvalue weighted by molar-refractivity contribution is -0.116. The lowest BCUT2D eigenvalue weighted by atomic mass is 10.1. The number of carbonyl (C=O) groups is 3. The molecule has 1 atom stereocenters. The zero-order valence-electron chi connectivity index (χ0n) is 25.8. The molecule has 0 saturated heterocycles. The maximum atomic E-state index is 13.6. The number of thioether (sulfide) groups is 1. The molecule has 1 aliphatic rings. The summed E-state index contributed by atoms with van der Waals surface area (Å²) in [7, 11) is 1.54. The molecule has 0 spiro atoms. The van der Waals surface area contributed by atoms with Crippen LogP contribution in [0, 0.1) is 0 Å². The summed E-state index contributed by atoms with van der Waals surface area (Å²) in [4.78, 5) is 41.0. The highest BCUT2D eigenvalue weighted by Crippen LogP contribution is 2.38. The summed E-state index contributed by atoms with van der Waals surface area (Å²) in [6, 6.07) is 37.8. The van der Waals surface area contributed by atoms with Crippen LogP contribution in [0.3, 0.4) is 0 Å². The third-order valence-electron chi connectivity index (χ3n) is 7.31. The number of rotatable bonds is 11. The highest BCUT2D eigenvalue weighted by molar-refractivity contribution is 8.00. The molecule has 0 saturated carbocycles. The number of nitrogens with one attached hydrogen (secondary N) is 3. The van der Waals surface area contributed by atoms with E-state index in [1.807, 2.05) is 60.7 Å². The van der Waals surface area contributed by atoms with E-state index in [4.69, 9.17) is 14.2 Å². The fourth-order valence-corrected chi connectivity index (χ4v) is 5.94. The number of fused-ring (bicyclic) bond motifs is 1. The van der Waals surface area contributed by atoms with E-state index in [9.17, 15) is 14.4 Å². The van der Waals surface area contributed by atoms with Gasteiger partial charge in [-0.2, -0.15) is 0 Å². The van der Waals surface area contributed by atoms with Crippen molar-refractivity contribution in [2.45, 2.75) is 10.1 Å². The van der Waals surface area contributed by atoms with E-state index in [0.29, 0.717) is 39.8 Å². The summed E-state index contributed by atoms with van der Waals surface area (Å²) >= 11 is 1.38. The van der Waals surface area contributed by atoms with Gasteiger partial charge in [-0.25, -0.2) is 0 Å². The van der Waals surface area contributed by atoms with Crippen molar-refractivity contribution in [1.82, 2.24) is 5.32 Å². The smallest absolute Gasteiger partial charge is 0.272 e. The van der Waals surface area contributed by atoms with Crippen molar-refractivity contribution < 1.29 is 28.6 Å². The van der Waals surface area contributed by atoms with Gasteiger partial charge in [0.05, 0.1) is 7.11 Å². The molecule has 1 aliphatic heterocycles. The fourth-order valence-electron chi connectivity index (χ4n) is 4.92. The third-order valence-corrected chi connectivity index (χ3v) is 8.58. The van der Waals surface area contributed by atoms with Crippen LogP contribution in [0.15, 0.2) is 138 Å². The Kier molecular flexibility index (Phi) is 10.0. The minimum absolute atomic E-state index is 0.0381. The zero-order chi connectivity index (χ0) is 33.3. The molecule has 9 nitrogen and oxygen atoms in total. The van der Waals surface area contributed by atoms with Crippen LogP contribution in [0.5, 0.6) is 17.2 Å². The van der Waals surface area contributed by atoms with Crippen LogP contribution in [0.2, 0.25) is 0 Å². The number of ether oxygens (including phenoxy) is 3. The Balaban J connectivity index is 1.19. The van der Waals surface area contributed by atoms with Gasteiger partial charge in [0.2, 0.25) is 12.7 Å². The van der Waals surface area contributed by atoms with Gasteiger partial charge in [0.15, 0.2) is 11.5 Å². The van der Waals surface area contributed by atoms with Gasteiger partial charge in [0.1, 0.15) is 16.7 Å². The summed E-state index contributed by atoms with van der Waals surface area (Å²) in [6.45, 7) is 0.146. The maximum Gasteiger partial charge on any atom is 0.272 e. The minimum atomic E-state index is -0.569. The van der Waals surface area contributed by atoms with E-state index < -0.39 is 17.1 Å². The molecule has 0 radical (unpaired) electrons. The predicted octanol–water partition coefficient (Wildman–Crippen LogP) is 7.31. The Morgan fingerprint density at radius 2 is 1.42 bits per heavy atom. The van der Waals surface area contributed by atoms with E-state index in [1.165, 1.54) is 18.9 Å². The first-order chi connectivity index (χ1) is 23.5. The highest BCUT2D eigenvalue weighted by atomic mass is 32.2. The normalized spacial score (nSPS) is 12.5.